The first kappa shape index (κ1) is 19.8. The fraction of sp³-hybridized carbons (Fsp3) is 0.450. The third kappa shape index (κ3) is 3.48. The Bertz CT molecular complexity index is 1080. The Morgan fingerprint density at radius 1 is 1.24 bits per heavy atom. The van der Waals surface area contributed by atoms with E-state index >= 15 is 0 Å². The standard InChI is InChI=1S/C20H22BrN3O5/c1-10-14(21)7-6-13-16(10)24(12-4-5-12)19(27)15(17(13)25)22-18(26)11-3-2-8-23(9-11)20(28)29/h6-7,11-12,25H,2-5,8-9H2,1H3,(H,22,26)(H,28,29)/t11-/m1/s1. The van der Waals surface area contributed by atoms with Crippen molar-refractivity contribution in [2.45, 2.75) is 38.6 Å². The van der Waals surface area contributed by atoms with Gasteiger partial charge in [-0.1, -0.05) is 15.9 Å². The Kier molecular flexibility index (Phi) is 5.02. The van der Waals surface area contributed by atoms with E-state index in [2.05, 4.69) is 21.2 Å². The molecule has 2 amide bonds. The molecule has 1 saturated carbocycles. The number of benzene rings is 1. The number of piperidine rings is 1. The molecule has 8 nitrogen and oxygen atoms in total. The molecule has 3 N–H and O–H groups in total. The number of carbonyl (C=O) groups excluding carboxylic acids is 1. The van der Waals surface area contributed by atoms with Crippen molar-refractivity contribution in [1.82, 2.24) is 9.47 Å². The van der Waals surface area contributed by atoms with E-state index in [0.717, 1.165) is 22.9 Å². The van der Waals surface area contributed by atoms with Crippen LogP contribution in [0.2, 0.25) is 0 Å². The topological polar surface area (TPSA) is 112 Å². The quantitative estimate of drug-likeness (QED) is 0.645. The van der Waals surface area contributed by atoms with Gasteiger partial charge in [0.05, 0.1) is 11.4 Å². The van der Waals surface area contributed by atoms with Crippen LogP contribution >= 0.6 is 15.9 Å². The zero-order valence-electron chi connectivity index (χ0n) is 15.9. The highest BCUT2D eigenvalue weighted by Crippen LogP contribution is 2.41. The van der Waals surface area contributed by atoms with Crippen molar-refractivity contribution < 1.29 is 19.8 Å². The van der Waals surface area contributed by atoms with Gasteiger partial charge < -0.3 is 25.0 Å². The van der Waals surface area contributed by atoms with Gasteiger partial charge in [-0.3, -0.25) is 9.59 Å². The number of carbonyl (C=O) groups is 2. The summed E-state index contributed by atoms with van der Waals surface area (Å²) in [6.45, 7) is 2.35. The number of rotatable bonds is 3. The number of nitrogens with zero attached hydrogens (tertiary/aromatic N) is 2. The number of pyridine rings is 1. The summed E-state index contributed by atoms with van der Waals surface area (Å²) in [6, 6.07) is 3.57. The van der Waals surface area contributed by atoms with Crippen LogP contribution in [0.1, 0.15) is 37.3 Å². The number of likely N-dealkylation sites (tertiary alicyclic amines) is 1. The molecule has 1 aromatic heterocycles. The lowest BCUT2D eigenvalue weighted by Crippen LogP contribution is -2.43. The number of anilines is 1. The van der Waals surface area contributed by atoms with E-state index in [9.17, 15) is 24.6 Å². The number of aromatic nitrogens is 1. The molecule has 1 aromatic carbocycles. The highest BCUT2D eigenvalue weighted by Gasteiger charge is 2.33. The summed E-state index contributed by atoms with van der Waals surface area (Å²) in [6.07, 6.45) is 1.79. The lowest BCUT2D eigenvalue weighted by molar-refractivity contribution is -0.121. The predicted molar refractivity (Wildman–Crippen MR) is 112 cm³/mol. The molecule has 0 spiro atoms. The fourth-order valence-electron chi connectivity index (χ4n) is 4.02. The molecule has 0 radical (unpaired) electrons. The number of hydrogen-bond acceptors (Lipinski definition) is 4. The highest BCUT2D eigenvalue weighted by atomic mass is 79.9. The van der Waals surface area contributed by atoms with Crippen LogP contribution < -0.4 is 10.9 Å². The number of carboxylic acid groups (broad SMARTS) is 1. The average Bonchev–Trinajstić information content (AvgIpc) is 3.53. The summed E-state index contributed by atoms with van der Waals surface area (Å²) in [7, 11) is 0. The summed E-state index contributed by atoms with van der Waals surface area (Å²) in [5.74, 6) is -1.26. The molecule has 154 valence electrons. The van der Waals surface area contributed by atoms with Gasteiger partial charge in [0, 0.05) is 29.0 Å². The first-order valence-electron chi connectivity index (χ1n) is 9.64. The van der Waals surface area contributed by atoms with Gasteiger partial charge in [-0.05, 0) is 50.3 Å². The second kappa shape index (κ2) is 7.37. The third-order valence-electron chi connectivity index (χ3n) is 5.75. The molecule has 4 rings (SSSR count). The Morgan fingerprint density at radius 3 is 2.62 bits per heavy atom. The van der Waals surface area contributed by atoms with Crippen molar-refractivity contribution >= 4 is 44.5 Å². The molecule has 1 saturated heterocycles. The molecule has 29 heavy (non-hydrogen) atoms. The van der Waals surface area contributed by atoms with Crippen molar-refractivity contribution in [3.63, 3.8) is 0 Å². The van der Waals surface area contributed by atoms with Crippen LogP contribution in [0.3, 0.4) is 0 Å². The number of halogens is 1. The van der Waals surface area contributed by atoms with Crippen LogP contribution in [0.15, 0.2) is 21.4 Å². The van der Waals surface area contributed by atoms with Gasteiger partial charge in [-0.25, -0.2) is 4.79 Å². The van der Waals surface area contributed by atoms with Gasteiger partial charge in [0.1, 0.15) is 0 Å². The molecule has 1 aliphatic heterocycles. The molecule has 2 fully saturated rings. The maximum atomic E-state index is 13.2. The van der Waals surface area contributed by atoms with E-state index in [1.807, 2.05) is 6.92 Å². The average molecular weight is 464 g/mol. The maximum absolute atomic E-state index is 13.2. The molecular weight excluding hydrogens is 442 g/mol. The number of aromatic hydroxyl groups is 1. The van der Waals surface area contributed by atoms with Gasteiger partial charge in [-0.15, -0.1) is 0 Å². The molecule has 1 aliphatic carbocycles. The second-order valence-corrected chi connectivity index (χ2v) is 8.61. The maximum Gasteiger partial charge on any atom is 0.407 e. The molecule has 0 bridgehead atoms. The van der Waals surface area contributed by atoms with Crippen LogP contribution in [0.4, 0.5) is 10.5 Å². The minimum atomic E-state index is -1.06. The van der Waals surface area contributed by atoms with E-state index in [0.29, 0.717) is 30.3 Å². The van der Waals surface area contributed by atoms with Crippen LogP contribution in [0.25, 0.3) is 10.9 Å². The van der Waals surface area contributed by atoms with E-state index in [4.69, 9.17) is 0 Å². The second-order valence-electron chi connectivity index (χ2n) is 7.76. The van der Waals surface area contributed by atoms with E-state index in [1.54, 1.807) is 16.7 Å². The molecular formula is C20H22BrN3O5. The Balaban J connectivity index is 1.75. The monoisotopic (exact) mass is 463 g/mol. The van der Waals surface area contributed by atoms with Crippen LogP contribution in [-0.4, -0.2) is 44.8 Å². The van der Waals surface area contributed by atoms with Gasteiger partial charge >= 0.3 is 6.09 Å². The van der Waals surface area contributed by atoms with Crippen molar-refractivity contribution in [2.75, 3.05) is 18.4 Å². The Morgan fingerprint density at radius 2 is 1.97 bits per heavy atom. The van der Waals surface area contributed by atoms with Gasteiger partial charge in [0.25, 0.3) is 5.56 Å². The van der Waals surface area contributed by atoms with Crippen LogP contribution in [0.5, 0.6) is 5.75 Å². The number of fused-ring (bicyclic) bond motifs is 1. The summed E-state index contributed by atoms with van der Waals surface area (Å²) < 4.78 is 2.50. The molecule has 0 unspecified atom stereocenters. The molecule has 2 aliphatic rings. The molecule has 2 heterocycles. The molecule has 9 heteroatoms. The number of amides is 2. The first-order valence-corrected chi connectivity index (χ1v) is 10.4. The molecule has 1 atom stereocenters. The Labute approximate surface area is 175 Å². The highest BCUT2D eigenvalue weighted by molar-refractivity contribution is 9.10. The summed E-state index contributed by atoms with van der Waals surface area (Å²) in [5, 5.41) is 23.1. The van der Waals surface area contributed by atoms with E-state index in [-0.39, 0.29) is 24.0 Å². The lowest BCUT2D eigenvalue weighted by Gasteiger charge is -2.30. The van der Waals surface area contributed by atoms with Gasteiger partial charge in [0.2, 0.25) is 5.91 Å². The lowest BCUT2D eigenvalue weighted by atomic mass is 9.97. The third-order valence-corrected chi connectivity index (χ3v) is 6.61. The zero-order valence-corrected chi connectivity index (χ0v) is 17.5. The first-order chi connectivity index (χ1) is 13.8. The van der Waals surface area contributed by atoms with Crippen molar-refractivity contribution in [2.24, 2.45) is 5.92 Å². The minimum Gasteiger partial charge on any atom is -0.505 e. The summed E-state index contributed by atoms with van der Waals surface area (Å²) in [4.78, 5) is 38.4. The van der Waals surface area contributed by atoms with Gasteiger partial charge in [-0.2, -0.15) is 0 Å². The number of nitrogens with one attached hydrogen (secondary N) is 1. The smallest absolute Gasteiger partial charge is 0.407 e. The Hall–Kier alpha value is -2.55. The van der Waals surface area contributed by atoms with Gasteiger partial charge in [0.15, 0.2) is 11.4 Å². The van der Waals surface area contributed by atoms with E-state index in [1.165, 1.54) is 4.90 Å². The van der Waals surface area contributed by atoms with Crippen molar-refractivity contribution in [3.05, 3.63) is 32.5 Å². The van der Waals surface area contributed by atoms with Crippen LogP contribution in [-0.2, 0) is 4.79 Å². The van der Waals surface area contributed by atoms with E-state index < -0.39 is 23.5 Å². The molecule has 2 aromatic rings. The minimum absolute atomic E-state index is 0.0476. The zero-order chi connectivity index (χ0) is 20.9. The summed E-state index contributed by atoms with van der Waals surface area (Å²) in [5.41, 5.74) is 0.947. The normalized spacial score (nSPS) is 19.4. The predicted octanol–water partition coefficient (Wildman–Crippen LogP) is 3.44. The number of aryl methyl sites for hydroxylation is 1. The SMILES string of the molecule is Cc1c(Br)ccc2c(O)c(NC(=O)[C@@H]3CCCN(C(=O)O)C3)c(=O)n(C3CC3)c12. The summed E-state index contributed by atoms with van der Waals surface area (Å²) >= 11 is 3.48. The van der Waals surface area contributed by atoms with Crippen LogP contribution in [0, 0.1) is 12.8 Å². The number of hydrogen-bond donors (Lipinski definition) is 3. The van der Waals surface area contributed by atoms with Crippen molar-refractivity contribution in [3.8, 4) is 5.75 Å². The fourth-order valence-corrected chi connectivity index (χ4v) is 4.34. The largest absolute Gasteiger partial charge is 0.505 e. The van der Waals surface area contributed by atoms with Crippen molar-refractivity contribution in [1.29, 1.82) is 0 Å².